The maximum atomic E-state index is 8.97. The van der Waals surface area contributed by atoms with Crippen LogP contribution in [0.4, 0.5) is 0 Å². The summed E-state index contributed by atoms with van der Waals surface area (Å²) < 4.78 is 5.25. The van der Waals surface area contributed by atoms with Gasteiger partial charge in [0, 0.05) is 12.7 Å². The summed E-state index contributed by atoms with van der Waals surface area (Å²) >= 11 is 4.64. The molecule has 10 heavy (non-hydrogen) atoms. The van der Waals surface area contributed by atoms with Crippen LogP contribution in [0.25, 0.3) is 0 Å². The second-order valence-electron chi connectivity index (χ2n) is 2.87. The maximum Gasteiger partial charge on any atom is 0.197 e. The largest absolute Gasteiger partial charge is 0.502 e. The van der Waals surface area contributed by atoms with Gasteiger partial charge in [0.1, 0.15) is 0 Å². The summed E-state index contributed by atoms with van der Waals surface area (Å²) in [5.74, 6) is 0. The first kappa shape index (κ1) is 10.1. The molecule has 60 valence electrons. The van der Waals surface area contributed by atoms with E-state index in [1.165, 1.54) is 0 Å². The molecule has 2 nitrogen and oxygen atoms in total. The van der Waals surface area contributed by atoms with Crippen molar-refractivity contribution in [1.82, 2.24) is 0 Å². The molecule has 0 rings (SSSR count). The van der Waals surface area contributed by atoms with Crippen LogP contribution in [0.2, 0.25) is 18.6 Å². The Balaban J connectivity index is 4.17. The lowest BCUT2D eigenvalue weighted by molar-refractivity contribution is 0.396. The Morgan fingerprint density at radius 1 is 1.60 bits per heavy atom. The number of rotatable bonds is 3. The first-order chi connectivity index (χ1) is 4.41. The van der Waals surface area contributed by atoms with E-state index in [0.717, 1.165) is 0 Å². The van der Waals surface area contributed by atoms with Gasteiger partial charge < -0.3 is 9.53 Å². The molecule has 0 bridgehead atoms. The molecule has 0 saturated heterocycles. The van der Waals surface area contributed by atoms with Crippen molar-refractivity contribution in [3.63, 3.8) is 0 Å². The van der Waals surface area contributed by atoms with Gasteiger partial charge in [-0.2, -0.15) is 0 Å². The summed E-state index contributed by atoms with van der Waals surface area (Å²) in [6.45, 7) is 5.96. The van der Waals surface area contributed by atoms with Gasteiger partial charge in [0.15, 0.2) is 13.4 Å². The van der Waals surface area contributed by atoms with Crippen LogP contribution in [-0.4, -0.2) is 25.6 Å². The van der Waals surface area contributed by atoms with Gasteiger partial charge in [-0.1, -0.05) is 6.92 Å². The number of hydrogen-bond donors (Lipinski definition) is 1. The number of aliphatic hydroxyl groups excluding tert-OH is 1. The molecule has 1 unspecified atom stereocenters. The molecule has 0 fully saturated rings. The highest BCUT2D eigenvalue weighted by Crippen LogP contribution is 2.22. The van der Waals surface area contributed by atoms with E-state index >= 15 is 0 Å². The van der Waals surface area contributed by atoms with Crippen LogP contribution in [0.15, 0.2) is 0 Å². The van der Waals surface area contributed by atoms with Crippen molar-refractivity contribution in [2.75, 3.05) is 7.11 Å². The molecule has 0 aliphatic rings. The molecule has 0 amide bonds. The Morgan fingerprint density at radius 2 is 2.00 bits per heavy atom. The van der Waals surface area contributed by atoms with Gasteiger partial charge in [0.05, 0.1) is 0 Å². The fourth-order valence-electron chi connectivity index (χ4n) is 0.474. The van der Waals surface area contributed by atoms with Crippen molar-refractivity contribution in [3.05, 3.63) is 0 Å². The minimum absolute atomic E-state index is 0.0347. The molecule has 0 aromatic heterocycles. The van der Waals surface area contributed by atoms with Gasteiger partial charge in [-0.3, -0.25) is 0 Å². The van der Waals surface area contributed by atoms with Crippen LogP contribution in [0.5, 0.6) is 0 Å². The fraction of sp³-hybridized carbons (Fsp3) is 0.833. The van der Waals surface area contributed by atoms with Crippen molar-refractivity contribution in [1.29, 1.82) is 0 Å². The SMILES string of the molecule is CO[Si](C)(C)C(C)C(O)=S. The van der Waals surface area contributed by atoms with Crippen LogP contribution in [0.1, 0.15) is 6.92 Å². The first-order valence-corrected chi connectivity index (χ1v) is 6.59. The monoisotopic (exact) mass is 178 g/mol. The summed E-state index contributed by atoms with van der Waals surface area (Å²) in [4.78, 5) is 0. The second-order valence-corrected chi connectivity index (χ2v) is 7.77. The third-order valence-corrected chi connectivity index (χ3v) is 5.91. The molecule has 0 aliphatic carbocycles. The van der Waals surface area contributed by atoms with Crippen LogP contribution in [-0.2, 0) is 4.43 Å². The van der Waals surface area contributed by atoms with Crippen molar-refractivity contribution in [2.45, 2.75) is 25.6 Å². The predicted molar refractivity (Wildman–Crippen MR) is 49.1 cm³/mol. The summed E-state index contributed by atoms with van der Waals surface area (Å²) in [7, 11) is -0.0673. The summed E-state index contributed by atoms with van der Waals surface area (Å²) in [5, 5.41) is 9.04. The number of hydrogen-bond acceptors (Lipinski definition) is 2. The van der Waals surface area contributed by atoms with Crippen LogP contribution >= 0.6 is 12.2 Å². The average Bonchev–Trinajstić information content (AvgIpc) is 1.86. The van der Waals surface area contributed by atoms with Gasteiger partial charge >= 0.3 is 0 Å². The number of aliphatic hydroxyl groups is 1. The third-order valence-electron chi connectivity index (χ3n) is 1.94. The highest BCUT2D eigenvalue weighted by molar-refractivity contribution is 7.80. The lowest BCUT2D eigenvalue weighted by Gasteiger charge is -2.25. The van der Waals surface area contributed by atoms with E-state index in [0.29, 0.717) is 0 Å². The summed E-state index contributed by atoms with van der Waals surface area (Å²) in [6, 6.07) is 0. The van der Waals surface area contributed by atoms with Crippen molar-refractivity contribution in [2.24, 2.45) is 0 Å². The molecule has 0 saturated carbocycles. The van der Waals surface area contributed by atoms with E-state index < -0.39 is 8.32 Å². The zero-order valence-corrected chi connectivity index (χ0v) is 8.66. The van der Waals surface area contributed by atoms with Gasteiger partial charge in [0.2, 0.25) is 0 Å². The molecular weight excluding hydrogens is 164 g/mol. The topological polar surface area (TPSA) is 29.5 Å². The van der Waals surface area contributed by atoms with Gasteiger partial charge in [-0.25, -0.2) is 0 Å². The second kappa shape index (κ2) is 3.46. The minimum atomic E-state index is -1.73. The zero-order chi connectivity index (χ0) is 8.36. The molecule has 4 heteroatoms. The third kappa shape index (κ3) is 2.36. The Bertz CT molecular complexity index is 136. The van der Waals surface area contributed by atoms with Crippen molar-refractivity contribution >= 4 is 25.6 Å². The van der Waals surface area contributed by atoms with E-state index in [-0.39, 0.29) is 10.6 Å². The van der Waals surface area contributed by atoms with E-state index in [4.69, 9.17) is 9.53 Å². The van der Waals surface area contributed by atoms with E-state index in [1.807, 2.05) is 20.0 Å². The van der Waals surface area contributed by atoms with Crippen LogP contribution < -0.4 is 0 Å². The average molecular weight is 178 g/mol. The van der Waals surface area contributed by atoms with E-state index in [9.17, 15) is 0 Å². The lowest BCUT2D eigenvalue weighted by Crippen LogP contribution is -2.37. The summed E-state index contributed by atoms with van der Waals surface area (Å²) in [5.41, 5.74) is 0.0347. The van der Waals surface area contributed by atoms with Crippen molar-refractivity contribution in [3.8, 4) is 0 Å². The normalized spacial score (nSPS) is 14.8. The van der Waals surface area contributed by atoms with E-state index in [2.05, 4.69) is 12.2 Å². The van der Waals surface area contributed by atoms with Crippen molar-refractivity contribution < 1.29 is 9.53 Å². The smallest absolute Gasteiger partial charge is 0.197 e. The van der Waals surface area contributed by atoms with Crippen LogP contribution in [0, 0.1) is 0 Å². The Labute approximate surface area is 68.3 Å². The Kier molecular flexibility index (Phi) is 3.48. The summed E-state index contributed by atoms with van der Waals surface area (Å²) in [6.07, 6.45) is 0. The first-order valence-electron chi connectivity index (χ1n) is 3.19. The fourth-order valence-corrected chi connectivity index (χ4v) is 2.27. The molecular formula is C6H14O2SSi. The highest BCUT2D eigenvalue weighted by atomic mass is 32.1. The van der Waals surface area contributed by atoms with Crippen LogP contribution in [0.3, 0.4) is 0 Å². The standard InChI is InChI=1S/C6H14O2SSi/c1-5(6(7)9)10(3,4)8-2/h5H,1-4H3,(H,7,9). The zero-order valence-electron chi connectivity index (χ0n) is 6.84. The molecule has 0 radical (unpaired) electrons. The van der Waals surface area contributed by atoms with Gasteiger partial charge in [0.25, 0.3) is 0 Å². The van der Waals surface area contributed by atoms with E-state index in [1.54, 1.807) is 7.11 Å². The number of thiocarbonyl (C=S) groups is 1. The van der Waals surface area contributed by atoms with Gasteiger partial charge in [-0.15, -0.1) is 0 Å². The molecule has 1 atom stereocenters. The predicted octanol–water partition coefficient (Wildman–Crippen LogP) is 2.11. The Morgan fingerprint density at radius 3 is 2.10 bits per heavy atom. The maximum absolute atomic E-state index is 8.97. The molecule has 0 heterocycles. The molecule has 0 aliphatic heterocycles. The van der Waals surface area contributed by atoms with Gasteiger partial charge in [-0.05, 0) is 25.3 Å². The lowest BCUT2D eigenvalue weighted by atomic mass is 10.5. The molecule has 0 spiro atoms. The molecule has 0 aromatic carbocycles. The Hall–Kier alpha value is 0.0669. The minimum Gasteiger partial charge on any atom is -0.502 e. The molecule has 0 aromatic rings. The molecule has 1 N–H and O–H groups in total. The quantitative estimate of drug-likeness (QED) is 0.530. The highest BCUT2D eigenvalue weighted by Gasteiger charge is 2.31.